The summed E-state index contributed by atoms with van der Waals surface area (Å²) < 4.78 is 6.88. The van der Waals surface area contributed by atoms with Gasteiger partial charge in [0.1, 0.15) is 17.9 Å². The van der Waals surface area contributed by atoms with Gasteiger partial charge < -0.3 is 4.74 Å². The summed E-state index contributed by atoms with van der Waals surface area (Å²) in [6.07, 6.45) is 1.39. The van der Waals surface area contributed by atoms with Gasteiger partial charge in [0, 0.05) is 20.6 Å². The lowest BCUT2D eigenvalue weighted by Gasteiger charge is -2.28. The molecule has 0 atom stereocenters. The van der Waals surface area contributed by atoms with E-state index in [1.807, 2.05) is 44.2 Å². The van der Waals surface area contributed by atoms with E-state index in [-0.39, 0.29) is 12.2 Å². The van der Waals surface area contributed by atoms with Crippen molar-refractivity contribution in [3.8, 4) is 5.75 Å². The van der Waals surface area contributed by atoms with Gasteiger partial charge in [-0.25, -0.2) is 9.69 Å². The number of imide groups is 2. The number of aryl methyl sites for hydroxylation is 1. The number of anilines is 1. The molecule has 1 aliphatic heterocycles. The van der Waals surface area contributed by atoms with Crippen molar-refractivity contribution >= 4 is 57.1 Å². The number of amides is 4. The van der Waals surface area contributed by atoms with Crippen molar-refractivity contribution in [3.63, 3.8) is 0 Å². The van der Waals surface area contributed by atoms with Crippen LogP contribution in [0, 0.1) is 13.8 Å². The number of urea groups is 1. The molecule has 0 bridgehead atoms. The highest BCUT2D eigenvalue weighted by Crippen LogP contribution is 2.30. The first-order chi connectivity index (χ1) is 16.3. The number of rotatable bonds is 5. The van der Waals surface area contributed by atoms with Gasteiger partial charge in [0.15, 0.2) is 0 Å². The van der Waals surface area contributed by atoms with Gasteiger partial charge in [-0.3, -0.25) is 14.9 Å². The van der Waals surface area contributed by atoms with Gasteiger partial charge >= 0.3 is 6.03 Å². The summed E-state index contributed by atoms with van der Waals surface area (Å²) in [5.41, 5.74) is 3.26. The average Bonchev–Trinajstić information content (AvgIpc) is 2.79. The minimum Gasteiger partial charge on any atom is -0.488 e. The summed E-state index contributed by atoms with van der Waals surface area (Å²) in [6.45, 7) is 3.95. The molecule has 6 nitrogen and oxygen atoms in total. The molecule has 0 spiro atoms. The second kappa shape index (κ2) is 9.83. The summed E-state index contributed by atoms with van der Waals surface area (Å²) >= 11 is 9.69. The molecule has 8 heteroatoms. The molecule has 0 aliphatic carbocycles. The number of benzene rings is 3. The topological polar surface area (TPSA) is 75.7 Å². The molecule has 1 fully saturated rings. The zero-order valence-electron chi connectivity index (χ0n) is 18.4. The largest absolute Gasteiger partial charge is 0.488 e. The van der Waals surface area contributed by atoms with Crippen LogP contribution in [0.25, 0.3) is 6.08 Å². The van der Waals surface area contributed by atoms with E-state index in [0.29, 0.717) is 22.0 Å². The summed E-state index contributed by atoms with van der Waals surface area (Å²) in [5.74, 6) is -1.07. The molecule has 4 amide bonds. The quantitative estimate of drug-likeness (QED) is 0.320. The van der Waals surface area contributed by atoms with E-state index in [1.165, 1.54) is 6.08 Å². The second-order valence-corrected chi connectivity index (χ2v) is 9.03. The molecular formula is C26H20BrClN2O4. The van der Waals surface area contributed by atoms with Gasteiger partial charge in [0.25, 0.3) is 11.8 Å². The number of ether oxygens (including phenoxy) is 1. The van der Waals surface area contributed by atoms with Gasteiger partial charge in [0.2, 0.25) is 0 Å². The smallest absolute Gasteiger partial charge is 0.335 e. The Balaban J connectivity index is 1.71. The van der Waals surface area contributed by atoms with E-state index in [4.69, 9.17) is 16.3 Å². The SMILES string of the molecule is Cc1cccc(N2C(=O)NC(=O)/C(=C\c3cc(Cl)ccc3OCc3ccccc3Br)C2=O)c1C. The lowest BCUT2D eigenvalue weighted by atomic mass is 10.0. The zero-order chi connectivity index (χ0) is 24.4. The molecule has 3 aromatic rings. The molecular weight excluding hydrogens is 520 g/mol. The first kappa shape index (κ1) is 23.7. The molecule has 34 heavy (non-hydrogen) atoms. The maximum atomic E-state index is 13.3. The maximum absolute atomic E-state index is 13.3. The monoisotopic (exact) mass is 538 g/mol. The number of halogens is 2. The van der Waals surface area contributed by atoms with Crippen molar-refractivity contribution in [2.24, 2.45) is 0 Å². The molecule has 0 radical (unpaired) electrons. The van der Waals surface area contributed by atoms with Crippen LogP contribution < -0.4 is 15.0 Å². The molecule has 1 aliphatic rings. The van der Waals surface area contributed by atoms with Gasteiger partial charge in [-0.2, -0.15) is 0 Å². The number of nitrogens with one attached hydrogen (secondary N) is 1. The van der Waals surface area contributed by atoms with Crippen LogP contribution in [-0.4, -0.2) is 17.8 Å². The standard InChI is InChI=1S/C26H20BrClN2O4/c1-15-6-5-9-22(16(15)2)30-25(32)20(24(31)29-26(30)33)13-18-12-19(28)10-11-23(18)34-14-17-7-3-4-8-21(17)27/h3-13H,14H2,1-2H3,(H,29,31,33)/b20-13+. The molecule has 0 aromatic heterocycles. The van der Waals surface area contributed by atoms with Crippen LogP contribution in [0.3, 0.4) is 0 Å². The van der Waals surface area contributed by atoms with Crippen molar-refractivity contribution in [1.29, 1.82) is 0 Å². The van der Waals surface area contributed by atoms with E-state index in [9.17, 15) is 14.4 Å². The first-order valence-corrected chi connectivity index (χ1v) is 11.6. The molecule has 4 rings (SSSR count). The van der Waals surface area contributed by atoms with Crippen molar-refractivity contribution in [2.75, 3.05) is 4.90 Å². The predicted octanol–water partition coefficient (Wildman–Crippen LogP) is 5.96. The fourth-order valence-electron chi connectivity index (χ4n) is 3.54. The van der Waals surface area contributed by atoms with Crippen molar-refractivity contribution < 1.29 is 19.1 Å². The highest BCUT2D eigenvalue weighted by molar-refractivity contribution is 9.10. The zero-order valence-corrected chi connectivity index (χ0v) is 20.7. The van der Waals surface area contributed by atoms with Gasteiger partial charge in [-0.1, -0.05) is 57.9 Å². The summed E-state index contributed by atoms with van der Waals surface area (Å²) in [4.78, 5) is 39.5. The molecule has 0 unspecified atom stereocenters. The third kappa shape index (κ3) is 4.76. The maximum Gasteiger partial charge on any atom is 0.335 e. The highest BCUT2D eigenvalue weighted by atomic mass is 79.9. The van der Waals surface area contributed by atoms with Crippen LogP contribution >= 0.6 is 27.5 Å². The Morgan fingerprint density at radius 2 is 1.79 bits per heavy atom. The Labute approximate surface area is 210 Å². The molecule has 1 saturated heterocycles. The first-order valence-electron chi connectivity index (χ1n) is 10.4. The van der Waals surface area contributed by atoms with Gasteiger partial charge in [-0.15, -0.1) is 0 Å². The Kier molecular flexibility index (Phi) is 6.86. The number of carbonyl (C=O) groups excluding carboxylic acids is 3. The molecule has 172 valence electrons. The van der Waals surface area contributed by atoms with Crippen LogP contribution in [0.5, 0.6) is 5.75 Å². The fraction of sp³-hybridized carbons (Fsp3) is 0.115. The van der Waals surface area contributed by atoms with Gasteiger partial charge in [0.05, 0.1) is 5.69 Å². The Hall–Kier alpha value is -3.42. The summed E-state index contributed by atoms with van der Waals surface area (Å²) in [7, 11) is 0. The van der Waals surface area contributed by atoms with Crippen LogP contribution in [0.2, 0.25) is 5.02 Å². The van der Waals surface area contributed by atoms with Crippen molar-refractivity contribution in [1.82, 2.24) is 5.32 Å². The average molecular weight is 540 g/mol. The number of hydrogen-bond donors (Lipinski definition) is 1. The number of carbonyl (C=O) groups is 3. The van der Waals surface area contributed by atoms with Gasteiger partial charge in [-0.05, 0) is 61.4 Å². The summed E-state index contributed by atoms with van der Waals surface area (Å²) in [5, 5.41) is 2.66. The predicted molar refractivity (Wildman–Crippen MR) is 135 cm³/mol. The third-order valence-electron chi connectivity index (χ3n) is 5.53. The molecule has 0 saturated carbocycles. The fourth-order valence-corrected chi connectivity index (χ4v) is 4.12. The van der Waals surface area contributed by atoms with Crippen LogP contribution in [0.15, 0.2) is 70.7 Å². The Bertz CT molecular complexity index is 1350. The number of nitrogens with zero attached hydrogens (tertiary/aromatic N) is 1. The lowest BCUT2D eigenvalue weighted by molar-refractivity contribution is -0.122. The number of barbiturate groups is 1. The Morgan fingerprint density at radius 3 is 2.56 bits per heavy atom. The lowest BCUT2D eigenvalue weighted by Crippen LogP contribution is -2.54. The van der Waals surface area contributed by atoms with E-state index in [1.54, 1.807) is 30.3 Å². The van der Waals surface area contributed by atoms with E-state index >= 15 is 0 Å². The molecule has 1 N–H and O–H groups in total. The number of hydrogen-bond acceptors (Lipinski definition) is 4. The highest BCUT2D eigenvalue weighted by Gasteiger charge is 2.37. The summed E-state index contributed by atoms with van der Waals surface area (Å²) in [6, 6.07) is 17.1. The molecule has 1 heterocycles. The van der Waals surface area contributed by atoms with Crippen LogP contribution in [0.1, 0.15) is 22.3 Å². The minimum atomic E-state index is -0.794. The second-order valence-electron chi connectivity index (χ2n) is 7.74. The minimum absolute atomic E-state index is 0.200. The van der Waals surface area contributed by atoms with Crippen molar-refractivity contribution in [2.45, 2.75) is 20.5 Å². The van der Waals surface area contributed by atoms with E-state index in [2.05, 4.69) is 21.2 Å². The van der Waals surface area contributed by atoms with E-state index in [0.717, 1.165) is 26.1 Å². The van der Waals surface area contributed by atoms with Crippen molar-refractivity contribution in [3.05, 3.63) is 98.0 Å². The normalized spacial score (nSPS) is 15.0. The Morgan fingerprint density at radius 1 is 1.03 bits per heavy atom. The third-order valence-corrected chi connectivity index (χ3v) is 6.54. The van der Waals surface area contributed by atoms with Crippen LogP contribution in [-0.2, 0) is 16.2 Å². The van der Waals surface area contributed by atoms with Crippen LogP contribution in [0.4, 0.5) is 10.5 Å². The van der Waals surface area contributed by atoms with E-state index < -0.39 is 17.8 Å². The molecule has 3 aromatic carbocycles.